The number of hydrazone groups is 1. The zero-order chi connectivity index (χ0) is 18.0. The van der Waals surface area contributed by atoms with E-state index in [1.807, 2.05) is 0 Å². The number of hydrogen-bond acceptors (Lipinski definition) is 7. The maximum Gasteiger partial charge on any atom is 0.343 e. The summed E-state index contributed by atoms with van der Waals surface area (Å²) in [5, 5.41) is 14.8. The molecule has 1 aliphatic rings. The molecular weight excluding hydrogens is 398 g/mol. The number of fused-ring (bicyclic) bond motifs is 1. The maximum atomic E-state index is 11.9. The summed E-state index contributed by atoms with van der Waals surface area (Å²) in [4.78, 5) is 26.1. The molecule has 10 nitrogen and oxygen atoms in total. The van der Waals surface area contributed by atoms with Crippen LogP contribution in [0.4, 0.5) is 5.82 Å². The first kappa shape index (κ1) is 16.9. The van der Waals surface area contributed by atoms with Gasteiger partial charge in [0.25, 0.3) is 5.91 Å². The van der Waals surface area contributed by atoms with Crippen molar-refractivity contribution in [1.29, 1.82) is 0 Å². The van der Waals surface area contributed by atoms with Crippen molar-refractivity contribution in [1.82, 2.24) is 15.0 Å². The molecule has 0 saturated heterocycles. The van der Waals surface area contributed by atoms with Gasteiger partial charge >= 0.3 is 5.82 Å². The molecule has 0 aliphatic carbocycles. The minimum atomic E-state index is -0.597. The standard InChI is InChI=1S/C14H12BrN5O5/c1-8-16-5-14(20(22)23)19(8)6-13(21)18-17-4-9-2-11-12(3-10(9)15)25-7-24-11/h2-5H,6-7H2,1H3,(H,18,21)/b17-4+. The lowest BCUT2D eigenvalue weighted by atomic mass is 10.2. The van der Waals surface area contributed by atoms with Crippen LogP contribution in [0.5, 0.6) is 11.5 Å². The van der Waals surface area contributed by atoms with Crippen molar-refractivity contribution in [2.75, 3.05) is 6.79 Å². The van der Waals surface area contributed by atoms with Crippen LogP contribution < -0.4 is 14.9 Å². The molecule has 2 heterocycles. The Kier molecular flexibility index (Phi) is 4.65. The number of nitro groups is 1. The minimum Gasteiger partial charge on any atom is -0.454 e. The Balaban J connectivity index is 1.66. The molecule has 1 amide bonds. The van der Waals surface area contributed by atoms with Gasteiger partial charge in [-0.2, -0.15) is 5.10 Å². The van der Waals surface area contributed by atoms with Crippen molar-refractivity contribution in [2.24, 2.45) is 5.10 Å². The first-order valence-corrected chi connectivity index (χ1v) is 7.82. The second kappa shape index (κ2) is 6.89. The van der Waals surface area contributed by atoms with Crippen LogP contribution in [-0.4, -0.2) is 33.4 Å². The average Bonchev–Trinajstić information content (AvgIpc) is 3.14. The second-order valence-corrected chi connectivity index (χ2v) is 5.88. The molecule has 1 aromatic heterocycles. The van der Waals surface area contributed by atoms with Gasteiger partial charge in [0.05, 0.1) is 6.21 Å². The van der Waals surface area contributed by atoms with Gasteiger partial charge in [0.2, 0.25) is 6.79 Å². The molecule has 0 saturated carbocycles. The van der Waals surface area contributed by atoms with Gasteiger partial charge in [-0.25, -0.2) is 15.0 Å². The van der Waals surface area contributed by atoms with Crippen LogP contribution in [0.3, 0.4) is 0 Å². The number of hydrogen-bond donors (Lipinski definition) is 1. The van der Waals surface area contributed by atoms with E-state index in [2.05, 4.69) is 31.4 Å². The average molecular weight is 410 g/mol. The summed E-state index contributed by atoms with van der Waals surface area (Å²) in [5.74, 6) is 0.799. The van der Waals surface area contributed by atoms with Crippen molar-refractivity contribution in [2.45, 2.75) is 13.5 Å². The number of carbonyl (C=O) groups is 1. The third-order valence-corrected chi connectivity index (χ3v) is 4.09. The van der Waals surface area contributed by atoms with Gasteiger partial charge in [-0.15, -0.1) is 0 Å². The molecule has 2 aromatic rings. The molecular formula is C14H12BrN5O5. The number of ether oxygens (including phenoxy) is 2. The molecule has 130 valence electrons. The Hall–Kier alpha value is -2.95. The fourth-order valence-corrected chi connectivity index (χ4v) is 2.61. The Morgan fingerprint density at radius 3 is 2.96 bits per heavy atom. The van der Waals surface area contributed by atoms with E-state index in [9.17, 15) is 14.9 Å². The fourth-order valence-electron chi connectivity index (χ4n) is 2.18. The van der Waals surface area contributed by atoms with Crippen LogP contribution in [0.15, 0.2) is 27.9 Å². The number of halogens is 1. The predicted octanol–water partition coefficient (Wildman–Crippen LogP) is 1.74. The van der Waals surface area contributed by atoms with Gasteiger partial charge < -0.3 is 19.6 Å². The molecule has 1 N–H and O–H groups in total. The van der Waals surface area contributed by atoms with Crippen molar-refractivity contribution < 1.29 is 19.2 Å². The number of amides is 1. The highest BCUT2D eigenvalue weighted by Gasteiger charge is 2.20. The minimum absolute atomic E-state index is 0.155. The zero-order valence-electron chi connectivity index (χ0n) is 12.9. The van der Waals surface area contributed by atoms with Crippen LogP contribution in [0, 0.1) is 17.0 Å². The highest BCUT2D eigenvalue weighted by Crippen LogP contribution is 2.36. The topological polar surface area (TPSA) is 121 Å². The van der Waals surface area contributed by atoms with Crippen LogP contribution >= 0.6 is 15.9 Å². The highest BCUT2D eigenvalue weighted by molar-refractivity contribution is 9.10. The number of aromatic nitrogens is 2. The molecule has 0 spiro atoms. The Bertz CT molecular complexity index is 879. The third-order valence-electron chi connectivity index (χ3n) is 3.41. The molecule has 0 bridgehead atoms. The number of carbonyl (C=O) groups excluding carboxylic acids is 1. The van der Waals surface area contributed by atoms with E-state index in [0.29, 0.717) is 22.9 Å². The molecule has 25 heavy (non-hydrogen) atoms. The number of rotatable bonds is 5. The molecule has 1 aromatic carbocycles. The van der Waals surface area contributed by atoms with E-state index in [0.717, 1.165) is 10.7 Å². The highest BCUT2D eigenvalue weighted by atomic mass is 79.9. The largest absolute Gasteiger partial charge is 0.454 e. The zero-order valence-corrected chi connectivity index (χ0v) is 14.5. The van der Waals surface area contributed by atoms with Gasteiger partial charge in [-0.05, 0) is 33.0 Å². The van der Waals surface area contributed by atoms with Crippen LogP contribution in [0.2, 0.25) is 0 Å². The van der Waals surface area contributed by atoms with Gasteiger partial charge in [0.1, 0.15) is 6.20 Å². The van der Waals surface area contributed by atoms with Crippen molar-refractivity contribution in [3.05, 3.63) is 44.3 Å². The number of aryl methyl sites for hydroxylation is 1. The van der Waals surface area contributed by atoms with Crippen LogP contribution in [0.1, 0.15) is 11.4 Å². The lowest BCUT2D eigenvalue weighted by molar-refractivity contribution is -0.392. The van der Waals surface area contributed by atoms with Gasteiger partial charge in [0.15, 0.2) is 23.9 Å². The predicted molar refractivity (Wildman–Crippen MR) is 89.6 cm³/mol. The molecule has 1 aliphatic heterocycles. The number of benzene rings is 1. The smallest absolute Gasteiger partial charge is 0.343 e. The van der Waals surface area contributed by atoms with Crippen molar-refractivity contribution in [3.63, 3.8) is 0 Å². The summed E-state index contributed by atoms with van der Waals surface area (Å²) >= 11 is 3.37. The molecule has 11 heteroatoms. The lowest BCUT2D eigenvalue weighted by Crippen LogP contribution is -2.24. The monoisotopic (exact) mass is 409 g/mol. The summed E-state index contributed by atoms with van der Waals surface area (Å²) in [6.07, 6.45) is 2.54. The van der Waals surface area contributed by atoms with E-state index in [4.69, 9.17) is 9.47 Å². The fraction of sp³-hybridized carbons (Fsp3) is 0.214. The number of nitrogens with one attached hydrogen (secondary N) is 1. The molecule has 0 atom stereocenters. The third kappa shape index (κ3) is 3.60. The van der Waals surface area contributed by atoms with Crippen LogP contribution in [-0.2, 0) is 11.3 Å². The maximum absolute atomic E-state index is 11.9. The van der Waals surface area contributed by atoms with Crippen molar-refractivity contribution in [3.8, 4) is 11.5 Å². The van der Waals surface area contributed by atoms with E-state index in [1.54, 1.807) is 19.1 Å². The SMILES string of the molecule is Cc1ncc([N+](=O)[O-])n1CC(=O)N/N=C/c1cc2c(cc1Br)OCO2. The van der Waals surface area contributed by atoms with E-state index < -0.39 is 10.8 Å². The Morgan fingerprint density at radius 1 is 1.52 bits per heavy atom. The quantitative estimate of drug-likeness (QED) is 0.456. The Morgan fingerprint density at radius 2 is 2.24 bits per heavy atom. The lowest BCUT2D eigenvalue weighted by Gasteiger charge is -2.03. The van der Waals surface area contributed by atoms with E-state index in [-0.39, 0.29) is 19.2 Å². The summed E-state index contributed by atoms with van der Waals surface area (Å²) in [7, 11) is 0. The molecule has 0 radical (unpaired) electrons. The Labute approximate surface area is 149 Å². The normalized spacial score (nSPS) is 12.6. The van der Waals surface area contributed by atoms with Crippen LogP contribution in [0.25, 0.3) is 0 Å². The number of nitrogens with zero attached hydrogens (tertiary/aromatic N) is 4. The summed E-state index contributed by atoms with van der Waals surface area (Å²) in [6.45, 7) is 1.47. The molecule has 3 rings (SSSR count). The molecule has 0 fully saturated rings. The van der Waals surface area contributed by atoms with E-state index >= 15 is 0 Å². The summed E-state index contributed by atoms with van der Waals surface area (Å²) in [6, 6.07) is 3.46. The molecule has 0 unspecified atom stereocenters. The second-order valence-electron chi connectivity index (χ2n) is 5.03. The van der Waals surface area contributed by atoms with Gasteiger partial charge in [-0.3, -0.25) is 4.79 Å². The van der Waals surface area contributed by atoms with E-state index in [1.165, 1.54) is 10.8 Å². The first-order valence-electron chi connectivity index (χ1n) is 7.03. The van der Waals surface area contributed by atoms with Gasteiger partial charge in [0, 0.05) is 17.0 Å². The summed E-state index contributed by atoms with van der Waals surface area (Å²) < 4.78 is 12.4. The number of imidazole rings is 1. The first-order chi connectivity index (χ1) is 12.0. The van der Waals surface area contributed by atoms with Crippen molar-refractivity contribution >= 4 is 33.9 Å². The van der Waals surface area contributed by atoms with Gasteiger partial charge in [-0.1, -0.05) is 0 Å². The summed E-state index contributed by atoms with van der Waals surface area (Å²) in [5.41, 5.74) is 3.00.